The molecule has 2 aliphatic carbocycles. The lowest BCUT2D eigenvalue weighted by Crippen LogP contribution is -2.49. The van der Waals surface area contributed by atoms with Crippen LogP contribution < -0.4 is 0 Å². The number of fused-ring (bicyclic) bond motifs is 2. The van der Waals surface area contributed by atoms with Crippen molar-refractivity contribution in [1.29, 1.82) is 0 Å². The zero-order chi connectivity index (χ0) is 19.2. The van der Waals surface area contributed by atoms with Crippen LogP contribution >= 0.6 is 0 Å². The Kier molecular flexibility index (Phi) is 5.19. The SMILES string of the molecule is CCCO[C@H]1[C@H](OC(C)C)C=C2C=C3C(=C(C)C(=O)N3C)C[C@]2(C)[C@H]1C. The maximum atomic E-state index is 12.4. The van der Waals surface area contributed by atoms with Gasteiger partial charge in [-0.15, -0.1) is 0 Å². The first-order chi connectivity index (χ1) is 12.2. The highest BCUT2D eigenvalue weighted by molar-refractivity contribution is 6.00. The van der Waals surface area contributed by atoms with Crippen LogP contribution in [0.5, 0.6) is 0 Å². The van der Waals surface area contributed by atoms with E-state index in [1.165, 1.54) is 11.1 Å². The first-order valence-electron chi connectivity index (χ1n) is 9.90. The fraction of sp³-hybridized carbons (Fsp3) is 0.682. The number of carbonyl (C=O) groups is 1. The maximum absolute atomic E-state index is 12.4. The number of nitrogens with zero attached hydrogens (tertiary/aromatic N) is 1. The van der Waals surface area contributed by atoms with Crippen molar-refractivity contribution in [2.24, 2.45) is 11.3 Å². The van der Waals surface area contributed by atoms with Crippen LogP contribution in [-0.4, -0.2) is 42.8 Å². The number of hydrogen-bond acceptors (Lipinski definition) is 3. The van der Waals surface area contributed by atoms with E-state index in [2.05, 4.69) is 46.8 Å². The first kappa shape index (κ1) is 19.4. The summed E-state index contributed by atoms with van der Waals surface area (Å²) in [6.07, 6.45) is 6.47. The molecular formula is C22H33NO3. The second kappa shape index (κ2) is 6.97. The summed E-state index contributed by atoms with van der Waals surface area (Å²) in [7, 11) is 1.87. The van der Waals surface area contributed by atoms with Crippen LogP contribution in [0, 0.1) is 11.3 Å². The lowest BCUT2D eigenvalue weighted by atomic mass is 9.59. The molecule has 1 amide bonds. The van der Waals surface area contributed by atoms with E-state index in [1.54, 1.807) is 4.90 Å². The van der Waals surface area contributed by atoms with Crippen molar-refractivity contribution in [3.63, 3.8) is 0 Å². The Morgan fingerprint density at radius 1 is 1.38 bits per heavy atom. The summed E-state index contributed by atoms with van der Waals surface area (Å²) in [6.45, 7) is 13.6. The van der Waals surface area contributed by atoms with E-state index in [1.807, 2.05) is 14.0 Å². The third-order valence-corrected chi connectivity index (χ3v) is 6.35. The highest BCUT2D eigenvalue weighted by Gasteiger charge is 2.50. The highest BCUT2D eigenvalue weighted by Crippen LogP contribution is 2.54. The number of amides is 1. The molecule has 0 aromatic heterocycles. The highest BCUT2D eigenvalue weighted by atomic mass is 16.5. The second-order valence-electron chi connectivity index (χ2n) is 8.49. The van der Waals surface area contributed by atoms with E-state index in [-0.39, 0.29) is 29.6 Å². The smallest absolute Gasteiger partial charge is 0.254 e. The van der Waals surface area contributed by atoms with Crippen molar-refractivity contribution in [2.75, 3.05) is 13.7 Å². The predicted molar refractivity (Wildman–Crippen MR) is 104 cm³/mol. The standard InChI is InChI=1S/C22H33NO3/c1-8-9-25-20-15(5)22(6)12-17-14(4)21(24)23(7)18(17)10-16(22)11-19(20)26-13(2)3/h10-11,13,15,19-20H,8-9,12H2,1-7H3/t15-,19+,20+,22+/m0/s1. The van der Waals surface area contributed by atoms with Crippen molar-refractivity contribution < 1.29 is 14.3 Å². The number of hydrogen-bond donors (Lipinski definition) is 0. The topological polar surface area (TPSA) is 38.8 Å². The molecule has 0 fully saturated rings. The van der Waals surface area contributed by atoms with Crippen LogP contribution in [0.4, 0.5) is 0 Å². The quantitative estimate of drug-likeness (QED) is 0.737. The van der Waals surface area contributed by atoms with Crippen LogP contribution in [0.15, 0.2) is 34.6 Å². The lowest BCUT2D eigenvalue weighted by Gasteiger charge is -2.49. The molecule has 4 heteroatoms. The Bertz CT molecular complexity index is 688. The van der Waals surface area contributed by atoms with Crippen molar-refractivity contribution in [1.82, 2.24) is 4.90 Å². The summed E-state index contributed by atoms with van der Waals surface area (Å²) in [5, 5.41) is 0. The normalized spacial score (nSPS) is 34.1. The van der Waals surface area contributed by atoms with E-state index in [0.29, 0.717) is 5.92 Å². The molecule has 0 aromatic rings. The van der Waals surface area contributed by atoms with Crippen molar-refractivity contribution in [3.05, 3.63) is 34.6 Å². The predicted octanol–water partition coefficient (Wildman–Crippen LogP) is 4.23. The van der Waals surface area contributed by atoms with Crippen molar-refractivity contribution >= 4 is 5.91 Å². The molecule has 0 spiro atoms. The summed E-state index contributed by atoms with van der Waals surface area (Å²) in [4.78, 5) is 14.2. The monoisotopic (exact) mass is 359 g/mol. The van der Waals surface area contributed by atoms with Gasteiger partial charge in [-0.25, -0.2) is 0 Å². The zero-order valence-electron chi connectivity index (χ0n) is 17.3. The van der Waals surface area contributed by atoms with Gasteiger partial charge in [-0.05, 0) is 62.8 Å². The fourth-order valence-electron chi connectivity index (χ4n) is 4.58. The van der Waals surface area contributed by atoms with Gasteiger partial charge in [0, 0.05) is 30.3 Å². The molecule has 0 radical (unpaired) electrons. The minimum atomic E-state index is -0.0505. The summed E-state index contributed by atoms with van der Waals surface area (Å²) < 4.78 is 12.5. The molecule has 1 aliphatic heterocycles. The van der Waals surface area contributed by atoms with E-state index in [9.17, 15) is 4.79 Å². The Balaban J connectivity index is 2.06. The molecule has 0 aromatic carbocycles. The Labute approximate surface area is 157 Å². The average molecular weight is 360 g/mol. The van der Waals surface area contributed by atoms with Gasteiger partial charge in [0.2, 0.25) is 0 Å². The van der Waals surface area contributed by atoms with Gasteiger partial charge in [0.15, 0.2) is 0 Å². The van der Waals surface area contributed by atoms with Crippen molar-refractivity contribution in [2.45, 2.75) is 72.7 Å². The fourth-order valence-corrected chi connectivity index (χ4v) is 4.58. The van der Waals surface area contributed by atoms with Crippen molar-refractivity contribution in [3.8, 4) is 0 Å². The number of carbonyl (C=O) groups excluding carboxylic acids is 1. The van der Waals surface area contributed by atoms with E-state index >= 15 is 0 Å². The number of likely N-dealkylation sites (N-methyl/N-ethyl adjacent to an activating group) is 1. The maximum Gasteiger partial charge on any atom is 0.254 e. The van der Waals surface area contributed by atoms with E-state index < -0.39 is 0 Å². The molecule has 3 aliphatic rings. The van der Waals surface area contributed by atoms with Crippen LogP contribution in [0.25, 0.3) is 0 Å². The summed E-state index contributed by atoms with van der Waals surface area (Å²) in [5.41, 5.74) is 4.37. The van der Waals surface area contributed by atoms with Gasteiger partial charge in [-0.2, -0.15) is 0 Å². The molecule has 3 rings (SSSR count). The first-order valence-corrected chi connectivity index (χ1v) is 9.90. The Morgan fingerprint density at radius 2 is 2.08 bits per heavy atom. The molecule has 0 saturated carbocycles. The van der Waals surface area contributed by atoms with Crippen LogP contribution in [-0.2, 0) is 14.3 Å². The molecule has 1 heterocycles. The van der Waals surface area contributed by atoms with Gasteiger partial charge >= 0.3 is 0 Å². The number of allylic oxidation sites excluding steroid dienone is 3. The minimum absolute atomic E-state index is 0.0387. The Hall–Kier alpha value is -1.39. The van der Waals surface area contributed by atoms with E-state index in [4.69, 9.17) is 9.47 Å². The van der Waals surface area contributed by atoms with Gasteiger partial charge in [-0.1, -0.05) is 20.8 Å². The molecule has 0 unspecified atom stereocenters. The van der Waals surface area contributed by atoms with Crippen LogP contribution in [0.3, 0.4) is 0 Å². The summed E-state index contributed by atoms with van der Waals surface area (Å²) >= 11 is 0. The van der Waals surface area contributed by atoms with Gasteiger partial charge in [-0.3, -0.25) is 4.79 Å². The molecule has 4 atom stereocenters. The third-order valence-electron chi connectivity index (χ3n) is 6.35. The molecule has 144 valence electrons. The summed E-state index contributed by atoms with van der Waals surface area (Å²) in [5.74, 6) is 0.424. The molecule has 26 heavy (non-hydrogen) atoms. The molecule has 0 bridgehead atoms. The molecule has 4 nitrogen and oxygen atoms in total. The average Bonchev–Trinajstić information content (AvgIpc) is 2.78. The summed E-state index contributed by atoms with van der Waals surface area (Å²) in [6, 6.07) is 0. The molecular weight excluding hydrogens is 326 g/mol. The number of ether oxygens (including phenoxy) is 2. The molecule has 0 saturated heterocycles. The van der Waals surface area contributed by atoms with E-state index in [0.717, 1.165) is 30.7 Å². The van der Waals surface area contributed by atoms with Gasteiger partial charge < -0.3 is 14.4 Å². The van der Waals surface area contributed by atoms with Gasteiger partial charge in [0.1, 0.15) is 6.10 Å². The minimum Gasteiger partial charge on any atom is -0.375 e. The zero-order valence-corrected chi connectivity index (χ0v) is 17.3. The molecule has 0 N–H and O–H groups in total. The van der Waals surface area contributed by atoms with Crippen LogP contribution in [0.2, 0.25) is 0 Å². The van der Waals surface area contributed by atoms with Gasteiger partial charge in [0.05, 0.1) is 12.2 Å². The second-order valence-corrected chi connectivity index (χ2v) is 8.49. The van der Waals surface area contributed by atoms with Gasteiger partial charge in [0.25, 0.3) is 5.91 Å². The lowest BCUT2D eigenvalue weighted by molar-refractivity contribution is -0.123. The van der Waals surface area contributed by atoms with Crippen LogP contribution in [0.1, 0.15) is 54.4 Å². The Morgan fingerprint density at radius 3 is 2.69 bits per heavy atom. The largest absolute Gasteiger partial charge is 0.375 e. The number of rotatable bonds is 5. The third kappa shape index (κ3) is 2.97.